The van der Waals surface area contributed by atoms with E-state index in [1.807, 2.05) is 6.92 Å². The number of hydrogen-bond donors (Lipinski definition) is 0. The SMILES string of the molecule is C=C(/C=C\C)c1cc2c(cc1C)C(C)c1ccc3c(c1-2)C=CC1C=CC=CC1=C3. The second-order valence-electron chi connectivity index (χ2n) is 8.31. The number of hydrogen-bond acceptors (Lipinski definition) is 0. The van der Waals surface area contributed by atoms with Crippen LogP contribution in [0.5, 0.6) is 0 Å². The summed E-state index contributed by atoms with van der Waals surface area (Å²) in [6, 6.07) is 9.38. The molecule has 2 unspecified atom stereocenters. The zero-order valence-corrected chi connectivity index (χ0v) is 17.4. The van der Waals surface area contributed by atoms with Gasteiger partial charge in [-0.25, -0.2) is 0 Å². The summed E-state index contributed by atoms with van der Waals surface area (Å²) in [5, 5.41) is 0. The lowest BCUT2D eigenvalue weighted by molar-refractivity contribution is 0.953. The minimum Gasteiger partial charge on any atom is -0.0912 e. The highest BCUT2D eigenvalue weighted by molar-refractivity contribution is 5.92. The molecule has 0 fully saturated rings. The molecular weight excluding hydrogens is 348 g/mol. The van der Waals surface area contributed by atoms with E-state index in [2.05, 4.69) is 99.4 Å². The number of fused-ring (bicyclic) bond motifs is 6. The molecule has 0 nitrogen and oxygen atoms in total. The molecule has 0 saturated heterocycles. The number of allylic oxidation sites excluding steroid dienone is 9. The third kappa shape index (κ3) is 2.75. The topological polar surface area (TPSA) is 0 Å². The molecule has 0 N–H and O–H groups in total. The highest BCUT2D eigenvalue weighted by Gasteiger charge is 2.29. The van der Waals surface area contributed by atoms with Crippen molar-refractivity contribution in [2.45, 2.75) is 26.7 Å². The maximum Gasteiger partial charge on any atom is 0.0205 e. The molecule has 2 atom stereocenters. The van der Waals surface area contributed by atoms with Crippen molar-refractivity contribution in [2.75, 3.05) is 0 Å². The Kier molecular flexibility index (Phi) is 4.17. The van der Waals surface area contributed by atoms with E-state index in [0.29, 0.717) is 11.8 Å². The Morgan fingerprint density at radius 1 is 1.03 bits per heavy atom. The first kappa shape index (κ1) is 17.9. The van der Waals surface area contributed by atoms with Crippen LogP contribution in [0.4, 0.5) is 0 Å². The van der Waals surface area contributed by atoms with E-state index >= 15 is 0 Å². The van der Waals surface area contributed by atoms with Crippen LogP contribution in [0.1, 0.15) is 53.1 Å². The second kappa shape index (κ2) is 6.74. The zero-order valence-electron chi connectivity index (χ0n) is 17.4. The van der Waals surface area contributed by atoms with Gasteiger partial charge < -0.3 is 0 Å². The lowest BCUT2D eigenvalue weighted by atomic mass is 9.91. The summed E-state index contributed by atoms with van der Waals surface area (Å²) >= 11 is 0. The van der Waals surface area contributed by atoms with E-state index in [1.165, 1.54) is 50.1 Å². The van der Waals surface area contributed by atoms with E-state index < -0.39 is 0 Å². The van der Waals surface area contributed by atoms with Gasteiger partial charge in [0, 0.05) is 11.8 Å². The molecule has 142 valence electrons. The number of rotatable bonds is 2. The van der Waals surface area contributed by atoms with Gasteiger partial charge in [-0.3, -0.25) is 0 Å². The zero-order chi connectivity index (χ0) is 20.1. The Balaban J connectivity index is 1.75. The molecule has 0 radical (unpaired) electrons. The van der Waals surface area contributed by atoms with Crippen LogP contribution >= 0.6 is 0 Å². The van der Waals surface area contributed by atoms with Gasteiger partial charge in [0.15, 0.2) is 0 Å². The third-order valence-corrected chi connectivity index (χ3v) is 6.52. The fourth-order valence-electron chi connectivity index (χ4n) is 5.00. The Hall–Kier alpha value is -3.12. The van der Waals surface area contributed by atoms with Crippen molar-refractivity contribution in [1.82, 2.24) is 0 Å². The summed E-state index contributed by atoms with van der Waals surface area (Å²) in [4.78, 5) is 0. The number of aryl methyl sites for hydroxylation is 1. The summed E-state index contributed by atoms with van der Waals surface area (Å²) in [6.45, 7) is 10.9. The van der Waals surface area contributed by atoms with Gasteiger partial charge in [-0.1, -0.05) is 86.4 Å². The summed E-state index contributed by atoms with van der Waals surface area (Å²) < 4.78 is 0. The Labute approximate surface area is 174 Å². The standard InChI is InChI=1S/C29H26/c1-5-8-18(2)26-17-28-27(15-19(26)3)20(4)24-13-12-23-16-22-10-7-6-9-21(22)11-14-25(23)29(24)28/h5-17,20-21H,2H2,1,3-4H3/b8-5-. The van der Waals surface area contributed by atoms with E-state index in [9.17, 15) is 0 Å². The molecule has 0 bridgehead atoms. The van der Waals surface area contributed by atoms with Crippen LogP contribution in [0.3, 0.4) is 0 Å². The molecule has 0 heteroatoms. The van der Waals surface area contributed by atoms with Gasteiger partial charge >= 0.3 is 0 Å². The first-order valence-corrected chi connectivity index (χ1v) is 10.5. The van der Waals surface area contributed by atoms with Crippen molar-refractivity contribution < 1.29 is 0 Å². The summed E-state index contributed by atoms with van der Waals surface area (Å²) in [7, 11) is 0. The van der Waals surface area contributed by atoms with E-state index in [4.69, 9.17) is 0 Å². The minimum atomic E-state index is 0.365. The highest BCUT2D eigenvalue weighted by Crippen LogP contribution is 2.49. The predicted molar refractivity (Wildman–Crippen MR) is 127 cm³/mol. The Morgan fingerprint density at radius 2 is 1.90 bits per heavy atom. The molecule has 3 aliphatic rings. The average molecular weight is 375 g/mol. The van der Waals surface area contributed by atoms with Gasteiger partial charge in [0.2, 0.25) is 0 Å². The highest BCUT2D eigenvalue weighted by atomic mass is 14.3. The quantitative estimate of drug-likeness (QED) is 0.469. The molecule has 0 heterocycles. The van der Waals surface area contributed by atoms with Crippen LogP contribution in [0, 0.1) is 12.8 Å². The van der Waals surface area contributed by atoms with Gasteiger partial charge in [-0.05, 0) is 75.6 Å². The number of benzene rings is 2. The summed E-state index contributed by atoms with van der Waals surface area (Å²) in [6.07, 6.45) is 20.0. The predicted octanol–water partition coefficient (Wildman–Crippen LogP) is 7.87. The molecule has 0 saturated carbocycles. The van der Waals surface area contributed by atoms with Crippen molar-refractivity contribution in [3.8, 4) is 11.1 Å². The van der Waals surface area contributed by atoms with Gasteiger partial charge in [0.25, 0.3) is 0 Å². The lowest BCUT2D eigenvalue weighted by Gasteiger charge is -2.13. The Morgan fingerprint density at radius 3 is 2.72 bits per heavy atom. The van der Waals surface area contributed by atoms with Crippen LogP contribution in [0.25, 0.3) is 28.9 Å². The van der Waals surface area contributed by atoms with E-state index in [-0.39, 0.29) is 0 Å². The molecule has 0 spiro atoms. The first-order valence-electron chi connectivity index (χ1n) is 10.5. The monoisotopic (exact) mass is 374 g/mol. The third-order valence-electron chi connectivity index (χ3n) is 6.52. The van der Waals surface area contributed by atoms with Crippen molar-refractivity contribution in [2.24, 2.45) is 5.92 Å². The minimum absolute atomic E-state index is 0.365. The van der Waals surface area contributed by atoms with Crippen molar-refractivity contribution in [3.63, 3.8) is 0 Å². The molecular formula is C29H26. The summed E-state index contributed by atoms with van der Waals surface area (Å²) in [5.74, 6) is 0.781. The maximum atomic E-state index is 4.30. The van der Waals surface area contributed by atoms with Gasteiger partial charge in [0.05, 0.1) is 0 Å². The van der Waals surface area contributed by atoms with Gasteiger partial charge in [-0.2, -0.15) is 0 Å². The average Bonchev–Trinajstić information content (AvgIpc) is 2.87. The molecule has 2 aromatic rings. The molecule has 2 aromatic carbocycles. The van der Waals surface area contributed by atoms with Crippen LogP contribution < -0.4 is 0 Å². The van der Waals surface area contributed by atoms with Crippen molar-refractivity contribution in [3.05, 3.63) is 112 Å². The van der Waals surface area contributed by atoms with Crippen molar-refractivity contribution >= 4 is 17.7 Å². The van der Waals surface area contributed by atoms with Crippen LogP contribution in [0.15, 0.2) is 78.9 Å². The molecule has 3 aliphatic carbocycles. The Bertz CT molecular complexity index is 1190. The van der Waals surface area contributed by atoms with Gasteiger partial charge in [0.1, 0.15) is 0 Å². The lowest BCUT2D eigenvalue weighted by Crippen LogP contribution is -1.96. The van der Waals surface area contributed by atoms with Gasteiger partial charge in [-0.15, -0.1) is 0 Å². The molecule has 0 amide bonds. The van der Waals surface area contributed by atoms with E-state index in [1.54, 1.807) is 0 Å². The van der Waals surface area contributed by atoms with Crippen LogP contribution in [-0.2, 0) is 0 Å². The van der Waals surface area contributed by atoms with E-state index in [0.717, 1.165) is 5.57 Å². The van der Waals surface area contributed by atoms with Crippen LogP contribution in [-0.4, -0.2) is 0 Å². The van der Waals surface area contributed by atoms with Crippen molar-refractivity contribution in [1.29, 1.82) is 0 Å². The molecule has 5 rings (SSSR count). The molecule has 0 aromatic heterocycles. The first-order chi connectivity index (χ1) is 14.1. The fraction of sp³-hybridized carbons (Fsp3) is 0.172. The molecule has 0 aliphatic heterocycles. The second-order valence-corrected chi connectivity index (χ2v) is 8.31. The fourth-order valence-corrected chi connectivity index (χ4v) is 5.00. The molecule has 29 heavy (non-hydrogen) atoms. The summed E-state index contributed by atoms with van der Waals surface area (Å²) in [5.41, 5.74) is 13.3. The smallest absolute Gasteiger partial charge is 0.0205 e. The largest absolute Gasteiger partial charge is 0.0912 e. The normalized spacial score (nSPS) is 20.7. The maximum absolute atomic E-state index is 4.30. The van der Waals surface area contributed by atoms with Crippen LogP contribution in [0.2, 0.25) is 0 Å².